The van der Waals surface area contributed by atoms with Gasteiger partial charge in [0.15, 0.2) is 0 Å². The zero-order chi connectivity index (χ0) is 17.4. The first-order valence-corrected chi connectivity index (χ1v) is 9.14. The van der Waals surface area contributed by atoms with Crippen molar-refractivity contribution < 1.29 is 14.6 Å². The molecule has 1 fully saturated rings. The minimum absolute atomic E-state index is 0.0732. The van der Waals surface area contributed by atoms with Crippen LogP contribution in [0.5, 0.6) is 5.75 Å². The minimum Gasteiger partial charge on any atom is -0.493 e. The van der Waals surface area contributed by atoms with Crippen LogP contribution >= 0.6 is 0 Å². The largest absolute Gasteiger partial charge is 0.493 e. The molecule has 4 nitrogen and oxygen atoms in total. The van der Waals surface area contributed by atoms with E-state index in [2.05, 4.69) is 12.2 Å². The van der Waals surface area contributed by atoms with Gasteiger partial charge in [0, 0.05) is 18.9 Å². The molecule has 0 aromatic heterocycles. The van der Waals surface area contributed by atoms with Crippen molar-refractivity contribution in [2.75, 3.05) is 13.2 Å². The standard InChI is InChI=1S/C20H31NO3/c1-16(22)21-13-10-19(23)17-8-7-9-18(14-17)24-15-20(2)11-5-3-4-6-12-20/h7-9,14,19,23H,3-6,10-13,15H2,1-2H3,(H,21,22). The maximum absolute atomic E-state index is 10.9. The van der Waals surface area contributed by atoms with Gasteiger partial charge in [-0.2, -0.15) is 0 Å². The van der Waals surface area contributed by atoms with Gasteiger partial charge in [-0.15, -0.1) is 0 Å². The van der Waals surface area contributed by atoms with Crippen molar-refractivity contribution in [2.45, 2.75) is 64.9 Å². The Labute approximate surface area is 145 Å². The predicted octanol–water partition coefficient (Wildman–Crippen LogP) is 3.99. The molecule has 2 rings (SSSR count). The number of carbonyl (C=O) groups is 1. The molecule has 0 bridgehead atoms. The van der Waals surface area contributed by atoms with E-state index < -0.39 is 6.10 Å². The van der Waals surface area contributed by atoms with Crippen LogP contribution in [0.25, 0.3) is 0 Å². The van der Waals surface area contributed by atoms with Crippen molar-refractivity contribution in [3.63, 3.8) is 0 Å². The first-order valence-electron chi connectivity index (χ1n) is 9.14. The fourth-order valence-electron chi connectivity index (χ4n) is 3.35. The Hall–Kier alpha value is -1.55. The van der Waals surface area contributed by atoms with Gasteiger partial charge in [0.2, 0.25) is 5.91 Å². The molecular weight excluding hydrogens is 302 g/mol. The van der Waals surface area contributed by atoms with Crippen LogP contribution < -0.4 is 10.1 Å². The first-order chi connectivity index (χ1) is 11.5. The summed E-state index contributed by atoms with van der Waals surface area (Å²) in [5.41, 5.74) is 1.10. The van der Waals surface area contributed by atoms with Crippen molar-refractivity contribution >= 4 is 5.91 Å². The van der Waals surface area contributed by atoms with E-state index in [-0.39, 0.29) is 11.3 Å². The number of nitrogens with one attached hydrogen (secondary N) is 1. The second-order valence-corrected chi connectivity index (χ2v) is 7.37. The molecule has 1 aliphatic rings. The van der Waals surface area contributed by atoms with Crippen LogP contribution in [0.3, 0.4) is 0 Å². The molecule has 0 spiro atoms. The third-order valence-corrected chi connectivity index (χ3v) is 4.93. The predicted molar refractivity (Wildman–Crippen MR) is 96.0 cm³/mol. The van der Waals surface area contributed by atoms with E-state index in [9.17, 15) is 9.90 Å². The summed E-state index contributed by atoms with van der Waals surface area (Å²) in [5, 5.41) is 13.0. The molecule has 134 valence electrons. The van der Waals surface area contributed by atoms with E-state index in [1.165, 1.54) is 45.4 Å². The molecule has 0 radical (unpaired) electrons. The minimum atomic E-state index is -0.589. The molecule has 0 aliphatic heterocycles. The molecule has 1 saturated carbocycles. The maximum atomic E-state index is 10.9. The summed E-state index contributed by atoms with van der Waals surface area (Å²) < 4.78 is 6.06. The Bertz CT molecular complexity index is 521. The highest BCUT2D eigenvalue weighted by atomic mass is 16.5. The van der Waals surface area contributed by atoms with Crippen LogP contribution in [0.4, 0.5) is 0 Å². The Morgan fingerprint density at radius 1 is 1.29 bits per heavy atom. The van der Waals surface area contributed by atoms with Crippen LogP contribution in [0.2, 0.25) is 0 Å². The fourth-order valence-corrected chi connectivity index (χ4v) is 3.35. The molecule has 1 aromatic rings. The summed E-state index contributed by atoms with van der Waals surface area (Å²) in [6.45, 7) is 5.01. The van der Waals surface area contributed by atoms with Crippen molar-refractivity contribution in [3.8, 4) is 5.75 Å². The molecule has 24 heavy (non-hydrogen) atoms. The summed E-state index contributed by atoms with van der Waals surface area (Å²) in [7, 11) is 0. The molecule has 4 heteroatoms. The summed E-state index contributed by atoms with van der Waals surface area (Å²) in [6.07, 6.45) is 7.63. The molecule has 1 aliphatic carbocycles. The van der Waals surface area contributed by atoms with Crippen molar-refractivity contribution in [1.82, 2.24) is 5.32 Å². The summed E-state index contributed by atoms with van der Waals surface area (Å²) in [5.74, 6) is 0.743. The van der Waals surface area contributed by atoms with Crippen molar-refractivity contribution in [1.29, 1.82) is 0 Å². The van der Waals surface area contributed by atoms with Gasteiger partial charge in [0.1, 0.15) is 5.75 Å². The summed E-state index contributed by atoms with van der Waals surface area (Å²) >= 11 is 0. The summed E-state index contributed by atoms with van der Waals surface area (Å²) in [4.78, 5) is 10.9. The zero-order valence-electron chi connectivity index (χ0n) is 15.0. The number of amides is 1. The van der Waals surface area contributed by atoms with Gasteiger partial charge in [-0.25, -0.2) is 0 Å². The highest BCUT2D eigenvalue weighted by Gasteiger charge is 2.26. The second-order valence-electron chi connectivity index (χ2n) is 7.37. The van der Waals surface area contributed by atoms with E-state index in [1.807, 2.05) is 24.3 Å². The Balaban J connectivity index is 1.88. The second kappa shape index (κ2) is 9.07. The van der Waals surface area contributed by atoms with Crippen LogP contribution in [-0.4, -0.2) is 24.2 Å². The van der Waals surface area contributed by atoms with Crippen LogP contribution in [-0.2, 0) is 4.79 Å². The first kappa shape index (κ1) is 18.8. The normalized spacial score (nSPS) is 18.5. The molecule has 1 atom stereocenters. The third-order valence-electron chi connectivity index (χ3n) is 4.93. The number of hydrogen-bond acceptors (Lipinski definition) is 3. The Morgan fingerprint density at radius 2 is 2.00 bits per heavy atom. The molecule has 0 heterocycles. The topological polar surface area (TPSA) is 58.6 Å². The van der Waals surface area contributed by atoms with Gasteiger partial charge in [0.05, 0.1) is 12.7 Å². The van der Waals surface area contributed by atoms with Crippen molar-refractivity contribution in [2.24, 2.45) is 5.41 Å². The average Bonchev–Trinajstić information content (AvgIpc) is 2.78. The van der Waals surface area contributed by atoms with Gasteiger partial charge in [-0.1, -0.05) is 44.7 Å². The number of benzene rings is 1. The number of carbonyl (C=O) groups excluding carboxylic acids is 1. The molecule has 0 saturated heterocycles. The molecule has 1 unspecified atom stereocenters. The quantitative estimate of drug-likeness (QED) is 0.742. The smallest absolute Gasteiger partial charge is 0.216 e. The average molecular weight is 333 g/mol. The number of rotatable bonds is 7. The van der Waals surface area contributed by atoms with Gasteiger partial charge in [-0.05, 0) is 37.0 Å². The van der Waals surface area contributed by atoms with Crippen molar-refractivity contribution in [3.05, 3.63) is 29.8 Å². The molecule has 1 amide bonds. The van der Waals surface area contributed by atoms with E-state index in [1.54, 1.807) is 0 Å². The lowest BCUT2D eigenvalue weighted by Crippen LogP contribution is -2.24. The lowest BCUT2D eigenvalue weighted by molar-refractivity contribution is -0.119. The van der Waals surface area contributed by atoms with E-state index >= 15 is 0 Å². The summed E-state index contributed by atoms with van der Waals surface area (Å²) in [6, 6.07) is 7.68. The van der Waals surface area contributed by atoms with Gasteiger partial charge >= 0.3 is 0 Å². The SMILES string of the molecule is CC(=O)NCCC(O)c1cccc(OCC2(C)CCCCCC2)c1. The van der Waals surface area contributed by atoms with Crippen LogP contribution in [0, 0.1) is 5.41 Å². The van der Waals surface area contributed by atoms with Gasteiger partial charge < -0.3 is 15.2 Å². The Kier molecular flexibility index (Phi) is 7.10. The number of aliphatic hydroxyl groups excluding tert-OH is 1. The zero-order valence-corrected chi connectivity index (χ0v) is 15.0. The third kappa shape index (κ3) is 6.16. The van der Waals surface area contributed by atoms with E-state index in [0.29, 0.717) is 13.0 Å². The number of hydrogen-bond donors (Lipinski definition) is 2. The lowest BCUT2D eigenvalue weighted by atomic mass is 9.83. The maximum Gasteiger partial charge on any atom is 0.216 e. The molecular formula is C20H31NO3. The van der Waals surface area contributed by atoms with Crippen LogP contribution in [0.1, 0.15) is 70.5 Å². The van der Waals surface area contributed by atoms with Crippen LogP contribution in [0.15, 0.2) is 24.3 Å². The lowest BCUT2D eigenvalue weighted by Gasteiger charge is -2.28. The van der Waals surface area contributed by atoms with Gasteiger partial charge in [-0.3, -0.25) is 4.79 Å². The number of aliphatic hydroxyl groups is 1. The molecule has 1 aromatic carbocycles. The Morgan fingerprint density at radius 3 is 2.67 bits per heavy atom. The highest BCUT2D eigenvalue weighted by molar-refractivity contribution is 5.72. The van der Waals surface area contributed by atoms with E-state index in [4.69, 9.17) is 4.74 Å². The fraction of sp³-hybridized carbons (Fsp3) is 0.650. The molecule has 2 N–H and O–H groups in total. The van der Waals surface area contributed by atoms with Gasteiger partial charge in [0.25, 0.3) is 0 Å². The monoisotopic (exact) mass is 333 g/mol. The van der Waals surface area contributed by atoms with E-state index in [0.717, 1.165) is 17.9 Å². The number of ether oxygens (including phenoxy) is 1. The highest BCUT2D eigenvalue weighted by Crippen LogP contribution is 2.35.